The van der Waals surface area contributed by atoms with Crippen LogP contribution in [0.3, 0.4) is 0 Å². The molecule has 2 saturated carbocycles. The molecule has 0 amide bonds. The van der Waals surface area contributed by atoms with Crippen molar-refractivity contribution in [3.63, 3.8) is 0 Å². The molecule has 0 spiro atoms. The summed E-state index contributed by atoms with van der Waals surface area (Å²) >= 11 is 1.66. The number of hydrogen-bond donors (Lipinski definition) is 1. The molecule has 0 aliphatic heterocycles. The molecule has 6 heteroatoms. The number of thioether (sulfide) groups is 1. The zero-order valence-corrected chi connectivity index (χ0v) is 14.0. The van der Waals surface area contributed by atoms with Crippen molar-refractivity contribution < 1.29 is 5.11 Å². The maximum absolute atomic E-state index is 10.7. The van der Waals surface area contributed by atoms with Crippen molar-refractivity contribution in [2.24, 2.45) is 0 Å². The van der Waals surface area contributed by atoms with Crippen molar-refractivity contribution in [3.05, 3.63) is 24.5 Å². The first-order valence-corrected chi connectivity index (χ1v) is 9.44. The van der Waals surface area contributed by atoms with Crippen molar-refractivity contribution in [2.75, 3.05) is 5.75 Å². The first-order valence-electron chi connectivity index (χ1n) is 8.46. The van der Waals surface area contributed by atoms with Gasteiger partial charge in [-0.15, -0.1) is 10.2 Å². The molecule has 2 aliphatic carbocycles. The van der Waals surface area contributed by atoms with Crippen LogP contribution >= 0.6 is 11.8 Å². The topological polar surface area (TPSA) is 63.8 Å². The van der Waals surface area contributed by atoms with Gasteiger partial charge in [-0.1, -0.05) is 31.0 Å². The zero-order valence-electron chi connectivity index (χ0n) is 13.2. The van der Waals surface area contributed by atoms with Crippen LogP contribution < -0.4 is 0 Å². The molecular formula is C17H22N4OS. The van der Waals surface area contributed by atoms with E-state index in [2.05, 4.69) is 19.7 Å². The van der Waals surface area contributed by atoms with Crippen molar-refractivity contribution in [2.45, 2.75) is 61.7 Å². The Labute approximate surface area is 140 Å². The summed E-state index contributed by atoms with van der Waals surface area (Å²) in [5, 5.41) is 20.5. The maximum Gasteiger partial charge on any atom is 0.191 e. The summed E-state index contributed by atoms with van der Waals surface area (Å²) in [5.41, 5.74) is 0.530. The summed E-state index contributed by atoms with van der Waals surface area (Å²) in [4.78, 5) is 4.08. The third-order valence-electron chi connectivity index (χ3n) is 4.77. The monoisotopic (exact) mass is 330 g/mol. The Morgan fingerprint density at radius 2 is 1.87 bits per heavy atom. The fourth-order valence-corrected chi connectivity index (χ4v) is 4.45. The lowest BCUT2D eigenvalue weighted by atomic mass is 9.86. The highest BCUT2D eigenvalue weighted by molar-refractivity contribution is 7.99. The highest BCUT2D eigenvalue weighted by Crippen LogP contribution is 2.42. The van der Waals surface area contributed by atoms with E-state index < -0.39 is 5.60 Å². The molecule has 23 heavy (non-hydrogen) atoms. The van der Waals surface area contributed by atoms with E-state index >= 15 is 0 Å². The van der Waals surface area contributed by atoms with E-state index in [0.29, 0.717) is 11.8 Å². The lowest BCUT2D eigenvalue weighted by molar-refractivity contribution is 0.0272. The predicted octanol–water partition coefficient (Wildman–Crippen LogP) is 3.46. The van der Waals surface area contributed by atoms with Gasteiger partial charge in [-0.05, 0) is 37.8 Å². The minimum Gasteiger partial charge on any atom is -0.389 e. The fourth-order valence-electron chi connectivity index (χ4n) is 3.29. The molecule has 2 fully saturated rings. The van der Waals surface area contributed by atoms with Gasteiger partial charge in [0.05, 0.1) is 5.60 Å². The lowest BCUT2D eigenvalue weighted by Crippen LogP contribution is -2.34. The molecule has 0 aromatic carbocycles. The van der Waals surface area contributed by atoms with E-state index in [1.165, 1.54) is 19.3 Å². The van der Waals surface area contributed by atoms with Crippen molar-refractivity contribution in [1.82, 2.24) is 19.7 Å². The van der Waals surface area contributed by atoms with Gasteiger partial charge in [0.15, 0.2) is 11.0 Å². The molecule has 0 unspecified atom stereocenters. The zero-order chi connectivity index (χ0) is 15.7. The number of aliphatic hydroxyl groups is 1. The summed E-state index contributed by atoms with van der Waals surface area (Å²) in [5.74, 6) is 1.64. The summed E-state index contributed by atoms with van der Waals surface area (Å²) in [6.45, 7) is 0. The second-order valence-electron chi connectivity index (χ2n) is 6.72. The van der Waals surface area contributed by atoms with Gasteiger partial charge in [0.2, 0.25) is 0 Å². The van der Waals surface area contributed by atoms with Crippen molar-refractivity contribution >= 4 is 11.8 Å². The minimum atomic E-state index is -0.528. The van der Waals surface area contributed by atoms with E-state index in [-0.39, 0.29) is 0 Å². The molecule has 2 aliphatic rings. The minimum absolute atomic E-state index is 0.511. The van der Waals surface area contributed by atoms with Gasteiger partial charge in [-0.2, -0.15) is 0 Å². The summed E-state index contributed by atoms with van der Waals surface area (Å²) in [6, 6.07) is 4.47. The molecule has 0 radical (unpaired) electrons. The Bertz CT molecular complexity index is 662. The molecular weight excluding hydrogens is 308 g/mol. The number of hydrogen-bond acceptors (Lipinski definition) is 5. The Morgan fingerprint density at radius 1 is 1.13 bits per heavy atom. The van der Waals surface area contributed by atoms with Crippen LogP contribution in [0.25, 0.3) is 11.4 Å². The van der Waals surface area contributed by atoms with Crippen LogP contribution in [-0.2, 0) is 0 Å². The smallest absolute Gasteiger partial charge is 0.191 e. The number of aromatic nitrogens is 4. The molecule has 2 heterocycles. The maximum atomic E-state index is 10.7. The van der Waals surface area contributed by atoms with Crippen LogP contribution in [0.2, 0.25) is 0 Å². The second-order valence-corrected chi connectivity index (χ2v) is 7.66. The van der Waals surface area contributed by atoms with Crippen LogP contribution in [0.15, 0.2) is 29.7 Å². The Hall–Kier alpha value is -1.40. The first kappa shape index (κ1) is 15.1. The van der Waals surface area contributed by atoms with E-state index in [4.69, 9.17) is 0 Å². The third-order valence-corrected chi connectivity index (χ3v) is 5.99. The lowest BCUT2D eigenvalue weighted by Gasteiger charge is -2.31. The average Bonchev–Trinajstić information content (AvgIpc) is 3.34. The highest BCUT2D eigenvalue weighted by atomic mass is 32.2. The Morgan fingerprint density at radius 3 is 2.57 bits per heavy atom. The van der Waals surface area contributed by atoms with Crippen LogP contribution in [0, 0.1) is 0 Å². The molecule has 122 valence electrons. The number of pyridine rings is 1. The second kappa shape index (κ2) is 6.24. The van der Waals surface area contributed by atoms with E-state index in [1.54, 1.807) is 24.2 Å². The molecule has 0 saturated heterocycles. The summed E-state index contributed by atoms with van der Waals surface area (Å²) < 4.78 is 2.26. The molecule has 0 bridgehead atoms. The SMILES string of the molecule is OC1(CSc2nnc(-c3ccncc3)n2C2CC2)CCCCC1. The molecule has 1 N–H and O–H groups in total. The van der Waals surface area contributed by atoms with Gasteiger partial charge < -0.3 is 5.11 Å². The molecule has 2 aromatic rings. The quantitative estimate of drug-likeness (QED) is 0.851. The van der Waals surface area contributed by atoms with Gasteiger partial charge in [-0.3, -0.25) is 9.55 Å². The van der Waals surface area contributed by atoms with Gasteiger partial charge >= 0.3 is 0 Å². The van der Waals surface area contributed by atoms with Gasteiger partial charge in [0, 0.05) is 29.8 Å². The van der Waals surface area contributed by atoms with Gasteiger partial charge in [0.1, 0.15) is 0 Å². The number of nitrogens with zero attached hydrogens (tertiary/aromatic N) is 4. The first-order chi connectivity index (χ1) is 11.3. The largest absolute Gasteiger partial charge is 0.389 e. The fraction of sp³-hybridized carbons (Fsp3) is 0.588. The van der Waals surface area contributed by atoms with Crippen LogP contribution in [0.1, 0.15) is 51.0 Å². The standard InChI is InChI=1S/C17H22N4OS/c22-17(8-2-1-3-9-17)12-23-16-20-19-15(21(16)14-4-5-14)13-6-10-18-11-7-13/h6-7,10-11,14,22H,1-5,8-9,12H2. The van der Waals surface area contributed by atoms with Crippen LogP contribution in [-0.4, -0.2) is 36.2 Å². The predicted molar refractivity (Wildman–Crippen MR) is 90.3 cm³/mol. The van der Waals surface area contributed by atoms with Gasteiger partial charge in [-0.25, -0.2) is 0 Å². The normalized spacial score (nSPS) is 20.6. The summed E-state index contributed by atoms with van der Waals surface area (Å²) in [7, 11) is 0. The van der Waals surface area contributed by atoms with E-state index in [1.807, 2.05) is 12.1 Å². The molecule has 5 nitrogen and oxygen atoms in total. The molecule has 2 aromatic heterocycles. The van der Waals surface area contributed by atoms with Crippen LogP contribution in [0.4, 0.5) is 0 Å². The van der Waals surface area contributed by atoms with Gasteiger partial charge in [0.25, 0.3) is 0 Å². The molecule has 0 atom stereocenters. The highest BCUT2D eigenvalue weighted by Gasteiger charge is 2.33. The third kappa shape index (κ3) is 3.28. The van der Waals surface area contributed by atoms with E-state index in [9.17, 15) is 5.11 Å². The number of rotatable bonds is 5. The van der Waals surface area contributed by atoms with Crippen molar-refractivity contribution in [1.29, 1.82) is 0 Å². The molecule has 4 rings (SSSR count). The Balaban J connectivity index is 1.56. The Kier molecular flexibility index (Phi) is 4.11. The van der Waals surface area contributed by atoms with Crippen LogP contribution in [0.5, 0.6) is 0 Å². The average molecular weight is 330 g/mol. The van der Waals surface area contributed by atoms with E-state index in [0.717, 1.165) is 42.2 Å². The summed E-state index contributed by atoms with van der Waals surface area (Å²) in [6.07, 6.45) is 11.3. The van der Waals surface area contributed by atoms with Crippen molar-refractivity contribution in [3.8, 4) is 11.4 Å².